The Morgan fingerprint density at radius 3 is 2.50 bits per heavy atom. The first-order valence-corrected chi connectivity index (χ1v) is 8.09. The van der Waals surface area contributed by atoms with E-state index in [1.54, 1.807) is 0 Å². The molecule has 20 heavy (non-hydrogen) atoms. The van der Waals surface area contributed by atoms with Gasteiger partial charge in [-0.1, -0.05) is 13.8 Å². The lowest BCUT2D eigenvalue weighted by Crippen LogP contribution is -2.45. The number of carboxylic acids is 1. The van der Waals surface area contributed by atoms with Gasteiger partial charge in [-0.2, -0.15) is 0 Å². The number of sulfone groups is 1. The summed E-state index contributed by atoms with van der Waals surface area (Å²) in [6.07, 6.45) is 1.87. The summed E-state index contributed by atoms with van der Waals surface area (Å²) in [5.74, 6) is -1.55. The van der Waals surface area contributed by atoms with Crippen LogP contribution < -0.4 is 10.6 Å². The molecule has 2 atom stereocenters. The van der Waals surface area contributed by atoms with Crippen LogP contribution in [-0.2, 0) is 14.6 Å². The minimum Gasteiger partial charge on any atom is -0.481 e. The molecule has 8 heteroatoms. The second kappa shape index (κ2) is 6.74. The molecule has 1 aliphatic rings. The Labute approximate surface area is 118 Å². The van der Waals surface area contributed by atoms with Crippen molar-refractivity contribution in [3.8, 4) is 0 Å². The smallest absolute Gasteiger partial charge is 0.315 e. The fourth-order valence-corrected chi connectivity index (χ4v) is 3.18. The normalized spacial score (nSPS) is 21.6. The molecule has 0 bridgehead atoms. The van der Waals surface area contributed by atoms with Crippen molar-refractivity contribution < 1.29 is 23.1 Å². The van der Waals surface area contributed by atoms with Crippen molar-refractivity contribution in [1.82, 2.24) is 10.6 Å². The van der Waals surface area contributed by atoms with Crippen molar-refractivity contribution in [2.75, 3.05) is 12.3 Å². The Balaban J connectivity index is 2.39. The summed E-state index contributed by atoms with van der Waals surface area (Å²) >= 11 is 0. The zero-order valence-corrected chi connectivity index (χ0v) is 12.3. The number of carboxylic acid groups (broad SMARTS) is 1. The highest BCUT2D eigenvalue weighted by molar-refractivity contribution is 7.94. The average molecular weight is 304 g/mol. The minimum absolute atomic E-state index is 0.0164. The van der Waals surface area contributed by atoms with Gasteiger partial charge in [-0.25, -0.2) is 13.2 Å². The second-order valence-corrected chi connectivity index (χ2v) is 7.21. The topological polar surface area (TPSA) is 113 Å². The molecule has 1 heterocycles. The first-order valence-electron chi connectivity index (χ1n) is 6.37. The molecule has 0 saturated heterocycles. The van der Waals surface area contributed by atoms with Gasteiger partial charge in [-0.05, 0) is 18.4 Å². The van der Waals surface area contributed by atoms with Gasteiger partial charge < -0.3 is 15.7 Å². The standard InChI is InChI=1S/C12H20N2O5S/c1-8(2)5-9(11(15)16)6-13-12(17)14-10-3-4-20(18,19)7-10/h3-4,8-10H,5-7H2,1-2H3,(H,15,16)(H2,13,14,17). The van der Waals surface area contributed by atoms with Gasteiger partial charge in [0.1, 0.15) is 0 Å². The van der Waals surface area contributed by atoms with Crippen LogP contribution in [0.2, 0.25) is 0 Å². The Morgan fingerprint density at radius 1 is 1.40 bits per heavy atom. The molecule has 0 aromatic carbocycles. The van der Waals surface area contributed by atoms with Gasteiger partial charge in [0, 0.05) is 12.0 Å². The van der Waals surface area contributed by atoms with E-state index in [1.807, 2.05) is 13.8 Å². The van der Waals surface area contributed by atoms with E-state index in [9.17, 15) is 18.0 Å². The predicted octanol–water partition coefficient (Wildman–Crippen LogP) is 0.343. The number of urea groups is 1. The number of nitrogens with one attached hydrogen (secondary N) is 2. The van der Waals surface area contributed by atoms with E-state index < -0.39 is 33.8 Å². The Hall–Kier alpha value is -1.57. The molecule has 0 aromatic heterocycles. The van der Waals surface area contributed by atoms with E-state index in [2.05, 4.69) is 10.6 Å². The van der Waals surface area contributed by atoms with E-state index in [0.717, 1.165) is 5.41 Å². The number of amides is 2. The molecule has 3 N–H and O–H groups in total. The minimum atomic E-state index is -3.22. The third kappa shape index (κ3) is 5.60. The van der Waals surface area contributed by atoms with Gasteiger partial charge >= 0.3 is 12.0 Å². The Bertz CT molecular complexity index is 498. The van der Waals surface area contributed by atoms with Crippen molar-refractivity contribution in [1.29, 1.82) is 0 Å². The highest BCUT2D eigenvalue weighted by Crippen LogP contribution is 2.11. The lowest BCUT2D eigenvalue weighted by atomic mass is 9.97. The van der Waals surface area contributed by atoms with Crippen LogP contribution in [-0.4, -0.2) is 43.9 Å². The van der Waals surface area contributed by atoms with E-state index in [-0.39, 0.29) is 18.2 Å². The zero-order valence-electron chi connectivity index (χ0n) is 11.5. The SMILES string of the molecule is CC(C)CC(CNC(=O)NC1C=CS(=O)(=O)C1)C(=O)O. The summed E-state index contributed by atoms with van der Waals surface area (Å²) in [5.41, 5.74) is 0. The van der Waals surface area contributed by atoms with Crippen LogP contribution in [0.25, 0.3) is 0 Å². The molecule has 0 aliphatic carbocycles. The number of aliphatic carboxylic acids is 1. The molecule has 0 aromatic rings. The maximum absolute atomic E-state index is 11.6. The summed E-state index contributed by atoms with van der Waals surface area (Å²) in [5, 5.41) is 15.0. The largest absolute Gasteiger partial charge is 0.481 e. The van der Waals surface area contributed by atoms with Crippen molar-refractivity contribution in [3.05, 3.63) is 11.5 Å². The summed E-state index contributed by atoms with van der Waals surface area (Å²) in [6.45, 7) is 3.83. The van der Waals surface area contributed by atoms with E-state index in [1.165, 1.54) is 6.08 Å². The Morgan fingerprint density at radius 2 is 2.05 bits per heavy atom. The maximum Gasteiger partial charge on any atom is 0.315 e. The first-order chi connectivity index (χ1) is 9.19. The maximum atomic E-state index is 11.6. The highest BCUT2D eigenvalue weighted by Gasteiger charge is 2.24. The molecule has 1 aliphatic heterocycles. The molecular weight excluding hydrogens is 284 g/mol. The lowest BCUT2D eigenvalue weighted by molar-refractivity contribution is -0.142. The van der Waals surface area contributed by atoms with Crippen molar-refractivity contribution in [2.45, 2.75) is 26.3 Å². The molecule has 1 rings (SSSR count). The molecule has 114 valence electrons. The van der Waals surface area contributed by atoms with Crippen molar-refractivity contribution in [3.63, 3.8) is 0 Å². The molecule has 0 saturated carbocycles. The van der Waals surface area contributed by atoms with Crippen LogP contribution in [0, 0.1) is 11.8 Å². The van der Waals surface area contributed by atoms with Crippen LogP contribution in [0.5, 0.6) is 0 Å². The van der Waals surface area contributed by atoms with Crippen molar-refractivity contribution >= 4 is 21.8 Å². The molecule has 0 spiro atoms. The molecular formula is C12H20N2O5S. The van der Waals surface area contributed by atoms with E-state index in [0.29, 0.717) is 6.42 Å². The molecule has 0 fully saturated rings. The molecule has 2 amide bonds. The summed E-state index contributed by atoms with van der Waals surface area (Å²) in [7, 11) is -3.22. The van der Waals surface area contributed by atoms with E-state index >= 15 is 0 Å². The number of rotatable bonds is 6. The summed E-state index contributed by atoms with van der Waals surface area (Å²) in [6, 6.07) is -1.12. The molecule has 2 unspecified atom stereocenters. The van der Waals surface area contributed by atoms with Crippen LogP contribution in [0.3, 0.4) is 0 Å². The quantitative estimate of drug-likeness (QED) is 0.655. The number of hydrogen-bond donors (Lipinski definition) is 3. The third-order valence-electron chi connectivity index (χ3n) is 2.86. The van der Waals surface area contributed by atoms with Gasteiger partial charge in [0.15, 0.2) is 9.84 Å². The average Bonchev–Trinajstić information content (AvgIpc) is 2.63. The van der Waals surface area contributed by atoms with Crippen LogP contribution >= 0.6 is 0 Å². The van der Waals surface area contributed by atoms with Gasteiger partial charge in [0.2, 0.25) is 0 Å². The number of carbonyl (C=O) groups is 2. The Kier molecular flexibility index (Phi) is 5.55. The van der Waals surface area contributed by atoms with Gasteiger partial charge in [-0.3, -0.25) is 4.79 Å². The van der Waals surface area contributed by atoms with E-state index in [4.69, 9.17) is 5.11 Å². The van der Waals surface area contributed by atoms with Crippen molar-refractivity contribution in [2.24, 2.45) is 11.8 Å². The molecule has 7 nitrogen and oxygen atoms in total. The monoisotopic (exact) mass is 304 g/mol. The van der Waals surface area contributed by atoms with Gasteiger partial charge in [-0.15, -0.1) is 0 Å². The summed E-state index contributed by atoms with van der Waals surface area (Å²) < 4.78 is 22.3. The zero-order chi connectivity index (χ0) is 15.3. The fraction of sp³-hybridized carbons (Fsp3) is 0.667. The van der Waals surface area contributed by atoms with Crippen LogP contribution in [0.4, 0.5) is 4.79 Å². The number of hydrogen-bond acceptors (Lipinski definition) is 4. The van der Waals surface area contributed by atoms with Crippen LogP contribution in [0.15, 0.2) is 11.5 Å². The highest BCUT2D eigenvalue weighted by atomic mass is 32.2. The van der Waals surface area contributed by atoms with Gasteiger partial charge in [0.25, 0.3) is 0 Å². The number of carbonyl (C=O) groups excluding carboxylic acids is 1. The van der Waals surface area contributed by atoms with Crippen LogP contribution in [0.1, 0.15) is 20.3 Å². The van der Waals surface area contributed by atoms with Gasteiger partial charge in [0.05, 0.1) is 17.7 Å². The third-order valence-corrected chi connectivity index (χ3v) is 4.26. The first kappa shape index (κ1) is 16.5. The molecule has 0 radical (unpaired) electrons. The second-order valence-electron chi connectivity index (χ2n) is 5.28. The fourth-order valence-electron chi connectivity index (χ4n) is 1.94. The summed E-state index contributed by atoms with van der Waals surface area (Å²) in [4.78, 5) is 22.6. The predicted molar refractivity (Wildman–Crippen MR) is 73.8 cm³/mol. The lowest BCUT2D eigenvalue weighted by Gasteiger charge is -2.16.